The average Bonchev–Trinajstić information content (AvgIpc) is 3.29. The zero-order valence-electron chi connectivity index (χ0n) is 15.0. The Hall–Kier alpha value is -3.13. The fourth-order valence-corrected chi connectivity index (χ4v) is 3.14. The van der Waals surface area contributed by atoms with E-state index in [-0.39, 0.29) is 12.5 Å². The van der Waals surface area contributed by atoms with Crippen LogP contribution >= 0.6 is 11.3 Å². The number of carbonyl (C=O) groups is 2. The Balaban J connectivity index is 1.55. The third-order valence-corrected chi connectivity index (χ3v) is 4.67. The number of hydrogen-bond donors (Lipinski definition) is 3. The number of primary amides is 1. The summed E-state index contributed by atoms with van der Waals surface area (Å²) in [5, 5.41) is 4.94. The second kappa shape index (κ2) is 8.05. The average molecular weight is 384 g/mol. The van der Waals surface area contributed by atoms with Crippen LogP contribution in [0.1, 0.15) is 35.8 Å². The first-order valence-corrected chi connectivity index (χ1v) is 9.27. The first-order valence-electron chi connectivity index (χ1n) is 8.39. The lowest BCUT2D eigenvalue weighted by atomic mass is 10.0. The molecule has 0 spiro atoms. The summed E-state index contributed by atoms with van der Waals surface area (Å²) in [5.41, 5.74) is 8.11. The van der Waals surface area contributed by atoms with Crippen LogP contribution in [0.4, 0.5) is 5.13 Å². The normalized spacial score (nSPS) is 10.8. The number of ether oxygens (including phenoxy) is 1. The van der Waals surface area contributed by atoms with E-state index in [1.54, 1.807) is 17.6 Å². The fourth-order valence-electron chi connectivity index (χ4n) is 2.40. The van der Waals surface area contributed by atoms with Crippen LogP contribution in [0, 0.1) is 0 Å². The third kappa shape index (κ3) is 4.73. The summed E-state index contributed by atoms with van der Waals surface area (Å²) in [4.78, 5) is 30.3. The second-order valence-electron chi connectivity index (χ2n) is 6.26. The van der Waals surface area contributed by atoms with Crippen molar-refractivity contribution in [2.24, 2.45) is 5.73 Å². The lowest BCUT2D eigenvalue weighted by Crippen LogP contribution is -2.20. The van der Waals surface area contributed by atoms with Gasteiger partial charge in [-0.2, -0.15) is 0 Å². The van der Waals surface area contributed by atoms with Gasteiger partial charge < -0.3 is 15.5 Å². The number of thiazole rings is 1. The molecule has 0 aliphatic heterocycles. The van der Waals surface area contributed by atoms with E-state index in [9.17, 15) is 9.59 Å². The molecule has 2 amide bonds. The van der Waals surface area contributed by atoms with Gasteiger partial charge in [0, 0.05) is 17.1 Å². The number of H-pyrrole nitrogens is 1. The highest BCUT2D eigenvalue weighted by Gasteiger charge is 2.11. The highest BCUT2D eigenvalue weighted by Crippen LogP contribution is 2.25. The minimum Gasteiger partial charge on any atom is -0.484 e. The number of nitrogens with two attached hydrogens (primary N) is 1. The van der Waals surface area contributed by atoms with Crippen LogP contribution in [0.2, 0.25) is 0 Å². The monoisotopic (exact) mass is 384 g/mol. The lowest BCUT2D eigenvalue weighted by Gasteiger charge is -2.08. The molecular formula is C19H20N4O3S. The fraction of sp³-hybridized carbons (Fsp3) is 0.211. The number of rotatable bonds is 7. The van der Waals surface area contributed by atoms with Gasteiger partial charge in [-0.15, -0.1) is 11.3 Å². The summed E-state index contributed by atoms with van der Waals surface area (Å²) < 4.78 is 5.50. The van der Waals surface area contributed by atoms with Gasteiger partial charge in [-0.1, -0.05) is 26.0 Å². The number of carbonyl (C=O) groups excluding carboxylic acids is 2. The predicted molar refractivity (Wildman–Crippen MR) is 105 cm³/mol. The molecule has 0 aliphatic rings. The molecule has 0 saturated carbocycles. The van der Waals surface area contributed by atoms with Gasteiger partial charge in [0.15, 0.2) is 11.7 Å². The smallest absolute Gasteiger partial charge is 0.265 e. The molecule has 7 nitrogen and oxygen atoms in total. The van der Waals surface area contributed by atoms with E-state index in [4.69, 9.17) is 10.5 Å². The number of nitrogens with zero attached hydrogens (tertiary/aromatic N) is 1. The molecule has 0 atom stereocenters. The second-order valence-corrected chi connectivity index (χ2v) is 7.12. The molecular weight excluding hydrogens is 364 g/mol. The Labute approximate surface area is 160 Å². The van der Waals surface area contributed by atoms with Crippen LogP contribution in [0.5, 0.6) is 5.75 Å². The van der Waals surface area contributed by atoms with Crippen LogP contribution in [-0.2, 0) is 4.79 Å². The number of anilines is 1. The van der Waals surface area contributed by atoms with E-state index >= 15 is 0 Å². The zero-order chi connectivity index (χ0) is 19.4. The summed E-state index contributed by atoms with van der Waals surface area (Å²) in [6.45, 7) is 4.13. The van der Waals surface area contributed by atoms with Crippen molar-refractivity contribution in [3.8, 4) is 17.0 Å². The Morgan fingerprint density at radius 1 is 1.30 bits per heavy atom. The van der Waals surface area contributed by atoms with Gasteiger partial charge in [0.05, 0.1) is 5.69 Å². The quantitative estimate of drug-likeness (QED) is 0.580. The molecule has 0 unspecified atom stereocenters. The van der Waals surface area contributed by atoms with Gasteiger partial charge in [0.25, 0.3) is 11.8 Å². The van der Waals surface area contributed by atoms with Gasteiger partial charge in [-0.25, -0.2) is 4.98 Å². The topological polar surface area (TPSA) is 110 Å². The van der Waals surface area contributed by atoms with Crippen molar-refractivity contribution in [3.63, 3.8) is 0 Å². The van der Waals surface area contributed by atoms with Crippen LogP contribution in [-0.4, -0.2) is 28.4 Å². The Bertz CT molecular complexity index is 944. The Morgan fingerprint density at radius 2 is 2.04 bits per heavy atom. The molecule has 2 heterocycles. The number of aromatic amines is 1. The van der Waals surface area contributed by atoms with Crippen molar-refractivity contribution in [2.75, 3.05) is 11.9 Å². The maximum atomic E-state index is 12.1. The van der Waals surface area contributed by atoms with E-state index in [0.717, 1.165) is 5.56 Å². The molecule has 3 rings (SSSR count). The van der Waals surface area contributed by atoms with Crippen LogP contribution in [0.15, 0.2) is 41.9 Å². The highest BCUT2D eigenvalue weighted by molar-refractivity contribution is 7.14. The number of amides is 2. The molecule has 2 aromatic heterocycles. The van der Waals surface area contributed by atoms with Crippen LogP contribution in [0.3, 0.4) is 0 Å². The molecule has 0 fully saturated rings. The Kier molecular flexibility index (Phi) is 5.56. The lowest BCUT2D eigenvalue weighted by molar-refractivity contribution is -0.118. The van der Waals surface area contributed by atoms with Crippen molar-refractivity contribution in [3.05, 3.63) is 53.2 Å². The van der Waals surface area contributed by atoms with Gasteiger partial charge in [-0.05, 0) is 29.7 Å². The number of nitrogens with one attached hydrogen (secondary N) is 2. The molecule has 0 bridgehead atoms. The highest BCUT2D eigenvalue weighted by atomic mass is 32.1. The van der Waals surface area contributed by atoms with E-state index in [1.165, 1.54) is 16.9 Å². The summed E-state index contributed by atoms with van der Waals surface area (Å²) in [6, 6.07) is 9.30. The maximum absolute atomic E-state index is 12.1. The summed E-state index contributed by atoms with van der Waals surface area (Å²) in [5.74, 6) is 0.250. The number of benzene rings is 1. The van der Waals surface area contributed by atoms with Crippen molar-refractivity contribution >= 4 is 28.3 Å². The molecule has 140 valence electrons. The molecule has 8 heteroatoms. The molecule has 1 aromatic carbocycles. The van der Waals surface area contributed by atoms with E-state index in [1.807, 2.05) is 24.3 Å². The first kappa shape index (κ1) is 18.7. The standard InChI is InChI=1S/C19H20N4O3S/c1-11(2)12-3-5-14(6-4-12)26-9-17(24)23-19-22-16(10-27-19)13-7-15(18(20)25)21-8-13/h3-8,10-11,21H,9H2,1-2H3,(H2,20,25)(H,22,23,24). The number of aromatic nitrogens is 2. The van der Waals surface area contributed by atoms with Gasteiger partial charge in [-0.3, -0.25) is 14.9 Å². The summed E-state index contributed by atoms with van der Waals surface area (Å²) in [6.07, 6.45) is 1.64. The maximum Gasteiger partial charge on any atom is 0.265 e. The van der Waals surface area contributed by atoms with Gasteiger partial charge in [0.2, 0.25) is 0 Å². The van der Waals surface area contributed by atoms with Crippen molar-refractivity contribution < 1.29 is 14.3 Å². The molecule has 3 aromatic rings. The molecule has 27 heavy (non-hydrogen) atoms. The summed E-state index contributed by atoms with van der Waals surface area (Å²) >= 11 is 1.29. The molecule has 4 N–H and O–H groups in total. The Morgan fingerprint density at radius 3 is 2.67 bits per heavy atom. The zero-order valence-corrected chi connectivity index (χ0v) is 15.8. The van der Waals surface area contributed by atoms with E-state index < -0.39 is 5.91 Å². The van der Waals surface area contributed by atoms with Crippen LogP contribution < -0.4 is 15.8 Å². The third-order valence-electron chi connectivity index (χ3n) is 3.91. The van der Waals surface area contributed by atoms with Crippen LogP contribution in [0.25, 0.3) is 11.3 Å². The van der Waals surface area contributed by atoms with Gasteiger partial charge in [0.1, 0.15) is 11.4 Å². The predicted octanol–water partition coefficient (Wildman–Crippen LogP) is 3.38. The number of hydrogen-bond acceptors (Lipinski definition) is 5. The van der Waals surface area contributed by atoms with E-state index in [2.05, 4.69) is 29.1 Å². The largest absolute Gasteiger partial charge is 0.484 e. The molecule has 0 aliphatic carbocycles. The van der Waals surface area contributed by atoms with E-state index in [0.29, 0.717) is 28.2 Å². The SMILES string of the molecule is CC(C)c1ccc(OCC(=O)Nc2nc(-c3c[nH]c(C(N)=O)c3)cs2)cc1. The van der Waals surface area contributed by atoms with Crippen molar-refractivity contribution in [2.45, 2.75) is 19.8 Å². The van der Waals surface area contributed by atoms with Crippen molar-refractivity contribution in [1.82, 2.24) is 9.97 Å². The van der Waals surface area contributed by atoms with Gasteiger partial charge >= 0.3 is 0 Å². The molecule has 0 radical (unpaired) electrons. The molecule has 0 saturated heterocycles. The summed E-state index contributed by atoms with van der Waals surface area (Å²) in [7, 11) is 0. The minimum absolute atomic E-state index is 0.105. The minimum atomic E-state index is -0.538. The van der Waals surface area contributed by atoms with Crippen molar-refractivity contribution in [1.29, 1.82) is 0 Å². The first-order chi connectivity index (χ1) is 12.9.